The van der Waals surface area contributed by atoms with Gasteiger partial charge in [0.25, 0.3) is 5.24 Å². The lowest BCUT2D eigenvalue weighted by molar-refractivity contribution is 0.0871. The summed E-state index contributed by atoms with van der Waals surface area (Å²) in [6, 6.07) is 1.64. The summed E-state index contributed by atoms with van der Waals surface area (Å²) in [5, 5.41) is 18.8. The fourth-order valence-corrected chi connectivity index (χ4v) is 9.25. The molecule has 0 aliphatic heterocycles. The molecule has 210 valence electrons. The summed E-state index contributed by atoms with van der Waals surface area (Å²) in [5.41, 5.74) is 0. The predicted molar refractivity (Wildman–Crippen MR) is 153 cm³/mol. The molecule has 0 aliphatic rings. The topological polar surface area (TPSA) is 97.7 Å². The first kappa shape index (κ1) is 35.4. The lowest BCUT2D eigenvalue weighted by atomic mass is 10.2. The van der Waals surface area contributed by atoms with E-state index in [4.69, 9.17) is 17.7 Å². The SMILES string of the molecule is CC(CO)CO[Si](C)(CCCS)OCC(C)CO[Si](C)(CCCSC(=O)N(C)C)OCC(C)CO. The van der Waals surface area contributed by atoms with E-state index in [0.29, 0.717) is 26.4 Å². The van der Waals surface area contributed by atoms with Crippen LogP contribution in [0.15, 0.2) is 0 Å². The second-order valence-electron chi connectivity index (χ2n) is 10.1. The highest BCUT2D eigenvalue weighted by molar-refractivity contribution is 8.13. The van der Waals surface area contributed by atoms with E-state index in [1.54, 1.807) is 19.0 Å². The number of amides is 1. The summed E-state index contributed by atoms with van der Waals surface area (Å²) in [7, 11) is -1.34. The van der Waals surface area contributed by atoms with Gasteiger partial charge in [0.2, 0.25) is 0 Å². The van der Waals surface area contributed by atoms with Crippen molar-refractivity contribution in [1.82, 2.24) is 4.90 Å². The predicted octanol–water partition coefficient (Wildman–Crippen LogP) is 4.21. The van der Waals surface area contributed by atoms with Crippen LogP contribution in [0.1, 0.15) is 33.6 Å². The van der Waals surface area contributed by atoms with E-state index in [0.717, 1.165) is 36.4 Å². The molecule has 0 spiro atoms. The fourth-order valence-electron chi connectivity index (χ4n) is 2.88. The molecule has 5 unspecified atom stereocenters. The zero-order valence-corrected chi connectivity index (χ0v) is 26.7. The maximum atomic E-state index is 11.8. The number of aliphatic hydroxyl groups is 2. The van der Waals surface area contributed by atoms with Crippen LogP contribution in [-0.2, 0) is 17.7 Å². The monoisotopic (exact) mass is 573 g/mol. The summed E-state index contributed by atoms with van der Waals surface area (Å²) in [6.07, 6.45) is 1.76. The maximum Gasteiger partial charge on any atom is 0.334 e. The van der Waals surface area contributed by atoms with Crippen LogP contribution in [0.5, 0.6) is 0 Å². The summed E-state index contributed by atoms with van der Waals surface area (Å²) in [6.45, 7) is 12.3. The van der Waals surface area contributed by atoms with E-state index in [2.05, 4.69) is 32.6 Å². The Labute approximate surface area is 225 Å². The van der Waals surface area contributed by atoms with Crippen LogP contribution in [0.2, 0.25) is 25.2 Å². The van der Waals surface area contributed by atoms with Crippen molar-refractivity contribution in [2.24, 2.45) is 17.8 Å². The number of hydrogen-bond acceptors (Lipinski definition) is 9. The smallest absolute Gasteiger partial charge is 0.334 e. The van der Waals surface area contributed by atoms with Gasteiger partial charge < -0.3 is 32.8 Å². The number of rotatable bonds is 21. The van der Waals surface area contributed by atoms with E-state index in [9.17, 15) is 15.0 Å². The molecule has 0 saturated heterocycles. The molecular formula is C23H51NO7S2Si2. The molecule has 0 aromatic rings. The molecule has 12 heteroatoms. The standard InChI is InChI=1S/C23H51NO7S2Si2/c1-20(14-25)16-28-34(6,12-8-10-32)30-18-22(3)19-31-35(7,29-17-21(2)15-26)13-9-11-33-23(27)24(4)5/h20-22,25-26,32H,8-19H2,1-7H3. The van der Waals surface area contributed by atoms with Gasteiger partial charge in [-0.15, -0.1) is 0 Å². The third kappa shape index (κ3) is 17.5. The van der Waals surface area contributed by atoms with Crippen molar-refractivity contribution < 1.29 is 32.7 Å². The Hall–Kier alpha value is 0.364. The van der Waals surface area contributed by atoms with Crippen LogP contribution in [0.4, 0.5) is 4.79 Å². The van der Waals surface area contributed by atoms with Gasteiger partial charge in [0.1, 0.15) is 0 Å². The lowest BCUT2D eigenvalue weighted by Gasteiger charge is -2.32. The van der Waals surface area contributed by atoms with E-state index in [-0.39, 0.29) is 36.2 Å². The first-order chi connectivity index (χ1) is 16.4. The van der Waals surface area contributed by atoms with Gasteiger partial charge in [-0.05, 0) is 43.8 Å². The maximum absolute atomic E-state index is 11.8. The van der Waals surface area contributed by atoms with E-state index < -0.39 is 17.1 Å². The Kier molecular flexibility index (Phi) is 19.6. The number of nitrogens with zero attached hydrogens (tertiary/aromatic N) is 1. The first-order valence-electron chi connectivity index (χ1n) is 12.6. The Morgan fingerprint density at radius 3 is 1.60 bits per heavy atom. The van der Waals surface area contributed by atoms with Crippen LogP contribution < -0.4 is 0 Å². The number of thioether (sulfide) groups is 1. The fraction of sp³-hybridized carbons (Fsp3) is 0.957. The van der Waals surface area contributed by atoms with Crippen molar-refractivity contribution in [3.63, 3.8) is 0 Å². The van der Waals surface area contributed by atoms with E-state index in [1.165, 1.54) is 11.8 Å². The molecule has 5 atom stereocenters. The number of thiol groups is 1. The van der Waals surface area contributed by atoms with Gasteiger partial charge >= 0.3 is 17.1 Å². The normalized spacial score (nSPS) is 17.9. The number of aliphatic hydroxyl groups excluding tert-OH is 2. The van der Waals surface area contributed by atoms with Crippen LogP contribution in [-0.4, -0.2) is 103 Å². The number of carbonyl (C=O) groups excluding carboxylic acids is 1. The van der Waals surface area contributed by atoms with Gasteiger partial charge in [0, 0.05) is 77.2 Å². The minimum Gasteiger partial charge on any atom is -0.396 e. The molecule has 0 fully saturated rings. The zero-order valence-electron chi connectivity index (χ0n) is 23.0. The minimum absolute atomic E-state index is 0.0490. The third-order valence-corrected chi connectivity index (χ3v) is 12.5. The quantitative estimate of drug-likeness (QED) is 0.107. The largest absolute Gasteiger partial charge is 0.396 e. The Balaban J connectivity index is 4.85. The molecule has 8 nitrogen and oxygen atoms in total. The summed E-state index contributed by atoms with van der Waals surface area (Å²) in [4.78, 5) is 13.4. The minimum atomic E-state index is -2.48. The summed E-state index contributed by atoms with van der Waals surface area (Å²) < 4.78 is 25.1. The van der Waals surface area contributed by atoms with Crippen molar-refractivity contribution in [2.45, 2.75) is 58.8 Å². The molecule has 1 amide bonds. The molecule has 0 aliphatic carbocycles. The Morgan fingerprint density at radius 2 is 1.23 bits per heavy atom. The molecular weight excluding hydrogens is 523 g/mol. The van der Waals surface area contributed by atoms with Crippen molar-refractivity contribution in [1.29, 1.82) is 0 Å². The van der Waals surface area contributed by atoms with Crippen LogP contribution in [0, 0.1) is 17.8 Å². The number of hydrogen-bond donors (Lipinski definition) is 3. The highest BCUT2D eigenvalue weighted by atomic mass is 32.2. The highest BCUT2D eigenvalue weighted by Crippen LogP contribution is 2.23. The Morgan fingerprint density at radius 1 is 0.829 bits per heavy atom. The molecule has 0 rings (SSSR count). The van der Waals surface area contributed by atoms with Crippen LogP contribution >= 0.6 is 24.4 Å². The van der Waals surface area contributed by atoms with Gasteiger partial charge in [-0.1, -0.05) is 32.5 Å². The van der Waals surface area contributed by atoms with Gasteiger partial charge in [-0.25, -0.2) is 0 Å². The van der Waals surface area contributed by atoms with Crippen LogP contribution in [0.3, 0.4) is 0 Å². The molecule has 0 aromatic carbocycles. The van der Waals surface area contributed by atoms with Gasteiger partial charge in [0.15, 0.2) is 0 Å². The average Bonchev–Trinajstić information content (AvgIpc) is 2.84. The van der Waals surface area contributed by atoms with Crippen molar-refractivity contribution in [2.75, 3.05) is 65.2 Å². The molecule has 35 heavy (non-hydrogen) atoms. The summed E-state index contributed by atoms with van der Waals surface area (Å²) >= 11 is 5.65. The second kappa shape index (κ2) is 19.4. The van der Waals surface area contributed by atoms with E-state index >= 15 is 0 Å². The van der Waals surface area contributed by atoms with Crippen molar-refractivity contribution in [3.8, 4) is 0 Å². The van der Waals surface area contributed by atoms with Gasteiger partial charge in [-0.3, -0.25) is 4.79 Å². The molecule has 0 radical (unpaired) electrons. The average molecular weight is 574 g/mol. The molecule has 0 heterocycles. The van der Waals surface area contributed by atoms with Gasteiger partial charge in [0.05, 0.1) is 0 Å². The van der Waals surface area contributed by atoms with Crippen molar-refractivity contribution >= 4 is 46.8 Å². The third-order valence-electron chi connectivity index (χ3n) is 5.47. The van der Waals surface area contributed by atoms with Crippen molar-refractivity contribution in [3.05, 3.63) is 0 Å². The van der Waals surface area contributed by atoms with E-state index in [1.807, 2.05) is 13.8 Å². The number of carbonyl (C=O) groups is 1. The highest BCUT2D eigenvalue weighted by Gasteiger charge is 2.34. The zero-order chi connectivity index (χ0) is 26.9. The molecule has 0 saturated carbocycles. The Bertz CT molecular complexity index is 568. The van der Waals surface area contributed by atoms with Crippen LogP contribution in [0.25, 0.3) is 0 Å². The lowest BCUT2D eigenvalue weighted by Crippen LogP contribution is -2.43. The molecule has 0 bridgehead atoms. The molecule has 2 N–H and O–H groups in total. The molecule has 0 aromatic heterocycles. The second-order valence-corrected chi connectivity index (χ2v) is 18.3. The first-order valence-corrected chi connectivity index (χ1v) is 19.3. The van der Waals surface area contributed by atoms with Gasteiger partial charge in [-0.2, -0.15) is 12.6 Å². The summed E-state index contributed by atoms with van der Waals surface area (Å²) in [5.74, 6) is 1.80.